The Bertz CT molecular complexity index is 43.1. The number of unbranched alkanes of at least 4 members (excludes halogenated alkanes) is 2. The average Bonchev–Trinajstić information content (AvgIpc) is 1.93. The smallest absolute Gasteiger partial charge is 1.00 e. The van der Waals surface area contributed by atoms with Gasteiger partial charge in [0, 0.05) is 0 Å². The summed E-state index contributed by atoms with van der Waals surface area (Å²) in [6.07, 6.45) is 3.73. The molecule has 0 spiro atoms. The van der Waals surface area contributed by atoms with E-state index in [4.69, 9.17) is 0 Å². The molecule has 0 aromatic heterocycles. The maximum atomic E-state index is 9.53. The molecule has 0 aliphatic carbocycles. The van der Waals surface area contributed by atoms with E-state index >= 15 is 0 Å². The van der Waals surface area contributed by atoms with Crippen molar-refractivity contribution in [3.63, 3.8) is 0 Å². The minimum Gasteiger partial charge on any atom is -1.00 e. The molecule has 0 aromatic carbocycles. The van der Waals surface area contributed by atoms with Gasteiger partial charge in [0.15, 0.2) is 0 Å². The first-order valence-corrected chi connectivity index (χ1v) is 3.99. The van der Waals surface area contributed by atoms with Gasteiger partial charge in [-0.25, -0.2) is 0 Å². The van der Waals surface area contributed by atoms with Gasteiger partial charge in [-0.1, -0.05) is 39.5 Å². The van der Waals surface area contributed by atoms with E-state index in [1.807, 2.05) is 13.8 Å². The van der Waals surface area contributed by atoms with Gasteiger partial charge in [-0.15, -0.1) is 13.2 Å². The van der Waals surface area contributed by atoms with Crippen LogP contribution in [0.1, 0.15) is 41.0 Å². The van der Waals surface area contributed by atoms with E-state index in [-0.39, 0.29) is 53.3 Å². The van der Waals surface area contributed by atoms with Crippen LogP contribution in [0.15, 0.2) is 0 Å². The monoisotopic (exact) mass is 272 g/mol. The summed E-state index contributed by atoms with van der Waals surface area (Å²) < 4.78 is 0. The molecule has 0 fully saturated rings. The zero-order valence-corrected chi connectivity index (χ0v) is 11.2. The molecule has 12 heavy (non-hydrogen) atoms. The molecule has 0 atom stereocenters. The Hall–Kier alpha value is 1.09. The zero-order chi connectivity index (χ0) is 8.24. The maximum Gasteiger partial charge on any atom is 4.00 e. The molecule has 0 N–H and O–H groups in total. The fourth-order valence-corrected chi connectivity index (χ4v) is 0.289. The summed E-state index contributed by atoms with van der Waals surface area (Å²) in [7, 11) is 0. The number of hydrogen-bond acceptors (Lipinski definition) is 2. The van der Waals surface area contributed by atoms with Crippen LogP contribution in [0.5, 0.6) is 0 Å². The number of halogens is 1. The summed E-state index contributed by atoms with van der Waals surface area (Å²) in [5.41, 5.74) is 0. The third-order valence-corrected chi connectivity index (χ3v) is 0.996. The molecule has 0 saturated carbocycles. The summed E-state index contributed by atoms with van der Waals surface area (Å²) >= 11 is 0. The van der Waals surface area contributed by atoms with Gasteiger partial charge in [-0.3, -0.25) is 0 Å². The predicted molar refractivity (Wildman–Crippen MR) is 40.7 cm³/mol. The molecular weight excluding hydrogens is 255 g/mol. The second-order valence-corrected chi connectivity index (χ2v) is 2.12. The van der Waals surface area contributed by atoms with Crippen LogP contribution in [0.4, 0.5) is 0 Å². The predicted octanol–water partition coefficient (Wildman–Crippen LogP) is -2.59. The van der Waals surface area contributed by atoms with Crippen molar-refractivity contribution in [1.29, 1.82) is 0 Å². The Balaban J connectivity index is -0.0000000267. The van der Waals surface area contributed by atoms with Gasteiger partial charge >= 0.3 is 26.2 Å². The third kappa shape index (κ3) is 43.6. The molecule has 0 aromatic rings. The van der Waals surface area contributed by atoms with E-state index in [0.29, 0.717) is 0 Å². The van der Waals surface area contributed by atoms with Crippen LogP contribution < -0.4 is 22.6 Å². The maximum absolute atomic E-state index is 9.53. The second-order valence-electron chi connectivity index (χ2n) is 2.12. The standard InChI is InChI=1S/2C4H9O.ClH.Zr.H/c2*1-2-3-4-5;;;/h2*2-4H2,1H3;1H;;/q2*-1;;+4;-1/p-1. The van der Waals surface area contributed by atoms with Crippen LogP contribution in [-0.2, 0) is 26.2 Å². The van der Waals surface area contributed by atoms with Gasteiger partial charge in [-0.05, 0) is 0 Å². The minimum atomic E-state index is 0. The molecule has 0 aliphatic heterocycles. The van der Waals surface area contributed by atoms with Crippen LogP contribution in [0.25, 0.3) is 0 Å². The van der Waals surface area contributed by atoms with Crippen molar-refractivity contribution in [2.45, 2.75) is 39.5 Å². The molecule has 74 valence electrons. The summed E-state index contributed by atoms with van der Waals surface area (Å²) in [5.74, 6) is 0. The normalized spacial score (nSPS) is 7.00. The Labute approximate surface area is 103 Å². The van der Waals surface area contributed by atoms with Gasteiger partial charge < -0.3 is 24.0 Å². The molecule has 4 heteroatoms. The SMILES string of the molecule is CCCC[O-].CCCC[O-].[Cl-].[H-].[Zr+4]. The van der Waals surface area contributed by atoms with Gasteiger partial charge in [0.05, 0.1) is 0 Å². The molecule has 0 bridgehead atoms. The summed E-state index contributed by atoms with van der Waals surface area (Å²) in [6, 6.07) is 0. The van der Waals surface area contributed by atoms with E-state index in [1.165, 1.54) is 0 Å². The van der Waals surface area contributed by atoms with Crippen LogP contribution in [0.3, 0.4) is 0 Å². The Morgan fingerprint density at radius 2 is 1.17 bits per heavy atom. The summed E-state index contributed by atoms with van der Waals surface area (Å²) in [5, 5.41) is 19.1. The minimum absolute atomic E-state index is 0. The number of rotatable bonds is 4. The van der Waals surface area contributed by atoms with Crippen LogP contribution >= 0.6 is 0 Å². The Kier molecular flexibility index (Phi) is 57.1. The van der Waals surface area contributed by atoms with Gasteiger partial charge in [0.1, 0.15) is 0 Å². The second kappa shape index (κ2) is 29.6. The number of hydrogen-bond donors (Lipinski definition) is 0. The first kappa shape index (κ1) is 23.2. The van der Waals surface area contributed by atoms with Gasteiger partial charge in [0.2, 0.25) is 0 Å². The fourth-order valence-electron chi connectivity index (χ4n) is 0.289. The zero-order valence-electron chi connectivity index (χ0n) is 8.94. The van der Waals surface area contributed by atoms with E-state index in [2.05, 4.69) is 0 Å². The topological polar surface area (TPSA) is 46.1 Å². The molecule has 2 nitrogen and oxygen atoms in total. The molecule has 0 unspecified atom stereocenters. The Morgan fingerprint density at radius 3 is 1.17 bits per heavy atom. The van der Waals surface area contributed by atoms with Crippen molar-refractivity contribution in [2.75, 3.05) is 13.2 Å². The quantitative estimate of drug-likeness (QED) is 0.564. The third-order valence-electron chi connectivity index (χ3n) is 0.996. The van der Waals surface area contributed by atoms with Crippen molar-refractivity contribution in [3.8, 4) is 0 Å². The van der Waals surface area contributed by atoms with Gasteiger partial charge in [0.25, 0.3) is 0 Å². The Morgan fingerprint density at radius 1 is 0.917 bits per heavy atom. The summed E-state index contributed by atoms with van der Waals surface area (Å²) in [4.78, 5) is 0. The van der Waals surface area contributed by atoms with Crippen LogP contribution in [-0.4, -0.2) is 13.2 Å². The molecule has 0 saturated heterocycles. The van der Waals surface area contributed by atoms with E-state index in [1.54, 1.807) is 0 Å². The van der Waals surface area contributed by atoms with Crippen LogP contribution in [0, 0.1) is 0 Å². The molecule has 0 amide bonds. The van der Waals surface area contributed by atoms with E-state index < -0.39 is 0 Å². The van der Waals surface area contributed by atoms with E-state index in [0.717, 1.165) is 25.7 Å². The van der Waals surface area contributed by atoms with Crippen molar-refractivity contribution in [1.82, 2.24) is 0 Å². The fraction of sp³-hybridized carbons (Fsp3) is 1.00. The molecule has 0 rings (SSSR count). The van der Waals surface area contributed by atoms with Crippen LogP contribution in [0.2, 0.25) is 0 Å². The average molecular weight is 274 g/mol. The van der Waals surface area contributed by atoms with Crippen molar-refractivity contribution in [3.05, 3.63) is 0 Å². The largest absolute Gasteiger partial charge is 4.00 e. The molecule has 0 aliphatic rings. The molecule has 0 heterocycles. The van der Waals surface area contributed by atoms with E-state index in [9.17, 15) is 10.2 Å². The van der Waals surface area contributed by atoms with Crippen molar-refractivity contribution in [2.24, 2.45) is 0 Å². The first-order chi connectivity index (χ1) is 4.83. The first-order valence-electron chi connectivity index (χ1n) is 3.99. The van der Waals surface area contributed by atoms with Gasteiger partial charge in [-0.2, -0.15) is 0 Å². The van der Waals surface area contributed by atoms with Crippen molar-refractivity contribution < 1.29 is 50.3 Å². The van der Waals surface area contributed by atoms with Crippen molar-refractivity contribution >= 4 is 0 Å². The molecular formula is C8H19ClO2Zr. The molecule has 0 radical (unpaired) electrons. The summed E-state index contributed by atoms with van der Waals surface area (Å²) in [6.45, 7) is 4.21.